The quantitative estimate of drug-likeness (QED) is 0.577. The highest BCUT2D eigenvalue weighted by atomic mass is 16.1. The Balaban J connectivity index is 1.42. The molecule has 0 aliphatic rings. The Bertz CT molecular complexity index is 860. The van der Waals surface area contributed by atoms with Crippen molar-refractivity contribution in [1.82, 2.24) is 4.98 Å². The average Bonchev–Trinajstić information content (AvgIpc) is 2.67. The Kier molecular flexibility index (Phi) is 6.58. The van der Waals surface area contributed by atoms with Crippen LogP contribution >= 0.6 is 0 Å². The fourth-order valence-corrected chi connectivity index (χ4v) is 2.94. The molecule has 2 N–H and O–H groups in total. The van der Waals surface area contributed by atoms with Gasteiger partial charge in [0.05, 0.1) is 18.3 Å². The maximum absolute atomic E-state index is 12.2. The molecule has 0 radical (unpaired) electrons. The maximum Gasteiger partial charge on any atom is 0.228 e. The molecule has 0 fully saturated rings. The molecule has 1 heterocycles. The third-order valence-electron chi connectivity index (χ3n) is 4.29. The van der Waals surface area contributed by atoms with Gasteiger partial charge in [-0.15, -0.1) is 0 Å². The Morgan fingerprint density at radius 2 is 1.78 bits per heavy atom. The summed E-state index contributed by atoms with van der Waals surface area (Å²) in [5.74, 6) is 0.783. The summed E-state index contributed by atoms with van der Waals surface area (Å²) in [5, 5.41) is 6.21. The Morgan fingerprint density at radius 1 is 0.963 bits per heavy atom. The predicted octanol–water partition coefficient (Wildman–Crippen LogP) is 4.62. The third-order valence-corrected chi connectivity index (χ3v) is 4.29. The molecule has 3 rings (SSSR count). The lowest BCUT2D eigenvalue weighted by Crippen LogP contribution is -2.14. The van der Waals surface area contributed by atoms with E-state index in [1.165, 1.54) is 5.56 Å². The van der Waals surface area contributed by atoms with E-state index in [0.717, 1.165) is 36.3 Å². The van der Waals surface area contributed by atoms with E-state index in [0.29, 0.717) is 12.1 Å². The normalized spacial score (nSPS) is 10.4. The monoisotopic (exact) mass is 359 g/mol. The molecule has 4 nitrogen and oxygen atoms in total. The Hall–Kier alpha value is -3.14. The van der Waals surface area contributed by atoms with Gasteiger partial charge in [0.25, 0.3) is 0 Å². The highest BCUT2D eigenvalue weighted by molar-refractivity contribution is 5.92. The highest BCUT2D eigenvalue weighted by Crippen LogP contribution is 2.12. The first-order valence-corrected chi connectivity index (χ1v) is 9.28. The Labute approximate surface area is 160 Å². The first-order chi connectivity index (χ1) is 13.2. The number of benzene rings is 2. The van der Waals surface area contributed by atoms with Crippen molar-refractivity contribution in [2.75, 3.05) is 17.2 Å². The van der Waals surface area contributed by atoms with Crippen molar-refractivity contribution in [3.63, 3.8) is 0 Å². The van der Waals surface area contributed by atoms with Crippen LogP contribution in [0.5, 0.6) is 0 Å². The van der Waals surface area contributed by atoms with Gasteiger partial charge in [0.2, 0.25) is 5.91 Å². The summed E-state index contributed by atoms with van der Waals surface area (Å²) in [6, 6.07) is 22.2. The molecule has 0 spiro atoms. The van der Waals surface area contributed by atoms with Crippen molar-refractivity contribution >= 4 is 17.4 Å². The summed E-state index contributed by atoms with van der Waals surface area (Å²) in [4.78, 5) is 16.5. The van der Waals surface area contributed by atoms with E-state index >= 15 is 0 Å². The number of anilines is 2. The molecule has 1 aromatic heterocycles. The van der Waals surface area contributed by atoms with Crippen LogP contribution < -0.4 is 10.6 Å². The highest BCUT2D eigenvalue weighted by Gasteiger charge is 2.05. The molecule has 138 valence electrons. The minimum absolute atomic E-state index is 0.0361. The van der Waals surface area contributed by atoms with Crippen LogP contribution in [0.3, 0.4) is 0 Å². The summed E-state index contributed by atoms with van der Waals surface area (Å²) < 4.78 is 0. The average molecular weight is 359 g/mol. The van der Waals surface area contributed by atoms with Crippen molar-refractivity contribution < 1.29 is 4.79 Å². The molecular weight excluding hydrogens is 334 g/mol. The molecule has 27 heavy (non-hydrogen) atoms. The first kappa shape index (κ1) is 18.6. The van der Waals surface area contributed by atoms with Crippen LogP contribution in [0.25, 0.3) is 0 Å². The van der Waals surface area contributed by atoms with E-state index in [2.05, 4.69) is 39.9 Å². The molecule has 0 saturated carbocycles. The number of aromatic nitrogens is 1. The lowest BCUT2D eigenvalue weighted by molar-refractivity contribution is -0.115. The van der Waals surface area contributed by atoms with Crippen LogP contribution in [-0.4, -0.2) is 17.4 Å². The third kappa shape index (κ3) is 6.26. The topological polar surface area (TPSA) is 54.0 Å². The van der Waals surface area contributed by atoms with Gasteiger partial charge in [-0.25, -0.2) is 4.98 Å². The second-order valence-electron chi connectivity index (χ2n) is 6.66. The van der Waals surface area contributed by atoms with Gasteiger partial charge in [0.1, 0.15) is 5.82 Å². The zero-order chi connectivity index (χ0) is 18.9. The van der Waals surface area contributed by atoms with Gasteiger partial charge in [0, 0.05) is 6.54 Å². The lowest BCUT2D eigenvalue weighted by atomic mass is 10.1. The van der Waals surface area contributed by atoms with E-state index < -0.39 is 0 Å². The number of hydrogen-bond acceptors (Lipinski definition) is 3. The summed E-state index contributed by atoms with van der Waals surface area (Å²) in [7, 11) is 0. The molecule has 0 aliphatic heterocycles. The van der Waals surface area contributed by atoms with Gasteiger partial charge in [-0.3, -0.25) is 4.79 Å². The number of carbonyl (C=O) groups is 1. The number of pyridine rings is 1. The zero-order valence-corrected chi connectivity index (χ0v) is 15.6. The molecule has 0 bridgehead atoms. The van der Waals surface area contributed by atoms with Gasteiger partial charge in [-0.05, 0) is 43.0 Å². The van der Waals surface area contributed by atoms with E-state index in [-0.39, 0.29) is 5.91 Å². The number of nitrogens with one attached hydrogen (secondary N) is 2. The lowest BCUT2D eigenvalue weighted by Gasteiger charge is -2.08. The molecular formula is C23H25N3O. The number of rotatable bonds is 8. The van der Waals surface area contributed by atoms with Crippen molar-refractivity contribution in [3.05, 3.63) is 89.6 Å². The molecule has 3 aromatic rings. The summed E-state index contributed by atoms with van der Waals surface area (Å²) >= 11 is 0. The summed E-state index contributed by atoms with van der Waals surface area (Å²) in [6.45, 7) is 2.89. The second-order valence-corrected chi connectivity index (χ2v) is 6.66. The van der Waals surface area contributed by atoms with Crippen molar-refractivity contribution in [2.24, 2.45) is 0 Å². The van der Waals surface area contributed by atoms with Crippen molar-refractivity contribution in [2.45, 2.75) is 26.2 Å². The molecule has 0 unspecified atom stereocenters. The van der Waals surface area contributed by atoms with Crippen LogP contribution in [0.4, 0.5) is 11.5 Å². The van der Waals surface area contributed by atoms with E-state index in [9.17, 15) is 4.79 Å². The van der Waals surface area contributed by atoms with Gasteiger partial charge >= 0.3 is 0 Å². The SMILES string of the molecule is Cc1cccc(CC(=O)Nc2ccc(NCCCc3ccccc3)nc2)c1. The van der Waals surface area contributed by atoms with Gasteiger partial charge in [-0.1, -0.05) is 60.2 Å². The van der Waals surface area contributed by atoms with E-state index in [1.807, 2.05) is 49.4 Å². The summed E-state index contributed by atoms with van der Waals surface area (Å²) in [5.41, 5.74) is 4.23. The number of hydrogen-bond donors (Lipinski definition) is 2. The first-order valence-electron chi connectivity index (χ1n) is 9.28. The predicted molar refractivity (Wildman–Crippen MR) is 111 cm³/mol. The fraction of sp³-hybridized carbons (Fsp3) is 0.217. The van der Waals surface area contributed by atoms with Gasteiger partial charge in [-0.2, -0.15) is 0 Å². The van der Waals surface area contributed by atoms with Crippen molar-refractivity contribution in [1.29, 1.82) is 0 Å². The second kappa shape index (κ2) is 9.53. The molecule has 2 aromatic carbocycles. The number of carbonyl (C=O) groups excluding carboxylic acids is 1. The van der Waals surface area contributed by atoms with Crippen LogP contribution in [0, 0.1) is 6.92 Å². The molecule has 0 aliphatic carbocycles. The van der Waals surface area contributed by atoms with Gasteiger partial charge in [0.15, 0.2) is 0 Å². The van der Waals surface area contributed by atoms with Crippen LogP contribution in [0.1, 0.15) is 23.1 Å². The minimum atomic E-state index is -0.0361. The van der Waals surface area contributed by atoms with E-state index in [4.69, 9.17) is 0 Å². The van der Waals surface area contributed by atoms with Crippen LogP contribution in [0.2, 0.25) is 0 Å². The zero-order valence-electron chi connectivity index (χ0n) is 15.6. The maximum atomic E-state index is 12.2. The van der Waals surface area contributed by atoms with Gasteiger partial charge < -0.3 is 10.6 Å². The molecule has 0 saturated heterocycles. The number of nitrogens with zero attached hydrogens (tertiary/aromatic N) is 1. The van der Waals surface area contributed by atoms with Crippen LogP contribution in [0.15, 0.2) is 72.9 Å². The largest absolute Gasteiger partial charge is 0.370 e. The van der Waals surface area contributed by atoms with Crippen molar-refractivity contribution in [3.8, 4) is 0 Å². The molecule has 4 heteroatoms. The number of aryl methyl sites for hydroxylation is 2. The number of amides is 1. The fourth-order valence-electron chi connectivity index (χ4n) is 2.94. The molecule has 1 amide bonds. The van der Waals surface area contributed by atoms with Crippen LogP contribution in [-0.2, 0) is 17.6 Å². The minimum Gasteiger partial charge on any atom is -0.370 e. The molecule has 0 atom stereocenters. The standard InChI is InChI=1S/C23H25N3O/c1-18-7-5-10-20(15-18)16-23(27)26-21-12-13-22(25-17-21)24-14-6-11-19-8-3-2-4-9-19/h2-5,7-10,12-13,15,17H,6,11,14,16H2,1H3,(H,24,25)(H,26,27). The van der Waals surface area contributed by atoms with E-state index in [1.54, 1.807) is 6.20 Å². The summed E-state index contributed by atoms with van der Waals surface area (Å²) in [6.07, 6.45) is 4.14. The Morgan fingerprint density at radius 3 is 2.52 bits per heavy atom. The smallest absolute Gasteiger partial charge is 0.228 e.